The van der Waals surface area contributed by atoms with E-state index in [1.165, 1.54) is 12.1 Å². The van der Waals surface area contributed by atoms with Gasteiger partial charge in [0.25, 0.3) is 0 Å². The van der Waals surface area contributed by atoms with Crippen LogP contribution in [0.4, 0.5) is 18.9 Å². The summed E-state index contributed by atoms with van der Waals surface area (Å²) in [5.41, 5.74) is 4.51. The van der Waals surface area contributed by atoms with Crippen molar-refractivity contribution < 1.29 is 18.3 Å². The van der Waals surface area contributed by atoms with E-state index < -0.39 is 17.8 Å². The molecule has 106 valence electrons. The van der Waals surface area contributed by atoms with Gasteiger partial charge >= 0.3 is 6.18 Å². The SMILES string of the molecule is CN1CCC(C(O)c2cccc(C(F)(F)F)c2N)C1. The van der Waals surface area contributed by atoms with Crippen LogP contribution in [0, 0.1) is 5.92 Å². The fraction of sp³-hybridized carbons (Fsp3) is 0.538. The van der Waals surface area contributed by atoms with Gasteiger partial charge in [0.2, 0.25) is 0 Å². The fourth-order valence-corrected chi connectivity index (χ4v) is 2.57. The number of nitrogen functional groups attached to an aromatic ring is 1. The largest absolute Gasteiger partial charge is 0.418 e. The van der Waals surface area contributed by atoms with Gasteiger partial charge in [0.15, 0.2) is 0 Å². The first kappa shape index (κ1) is 14.1. The molecule has 19 heavy (non-hydrogen) atoms. The Kier molecular flexibility index (Phi) is 3.73. The Morgan fingerprint density at radius 3 is 2.63 bits per heavy atom. The number of para-hydroxylation sites is 1. The van der Waals surface area contributed by atoms with Crippen LogP contribution in [0.3, 0.4) is 0 Å². The van der Waals surface area contributed by atoms with Gasteiger partial charge in [-0.25, -0.2) is 0 Å². The van der Waals surface area contributed by atoms with Crippen LogP contribution in [-0.2, 0) is 6.18 Å². The lowest BCUT2D eigenvalue weighted by atomic mass is 9.92. The Balaban J connectivity index is 2.30. The monoisotopic (exact) mass is 274 g/mol. The molecule has 1 aromatic rings. The molecule has 0 aliphatic carbocycles. The molecule has 1 heterocycles. The maximum absolute atomic E-state index is 12.8. The number of nitrogens with two attached hydrogens (primary N) is 1. The fourth-order valence-electron chi connectivity index (χ4n) is 2.57. The third-order valence-corrected chi connectivity index (χ3v) is 3.64. The summed E-state index contributed by atoms with van der Waals surface area (Å²) < 4.78 is 38.3. The van der Waals surface area contributed by atoms with Crippen molar-refractivity contribution in [3.05, 3.63) is 29.3 Å². The molecule has 0 bridgehead atoms. The van der Waals surface area contributed by atoms with Crippen LogP contribution in [-0.4, -0.2) is 30.1 Å². The number of alkyl halides is 3. The minimum atomic E-state index is -4.49. The van der Waals surface area contributed by atoms with Gasteiger partial charge in [-0.15, -0.1) is 0 Å². The first-order chi connectivity index (χ1) is 8.80. The molecular weight excluding hydrogens is 257 g/mol. The minimum Gasteiger partial charge on any atom is -0.398 e. The Bertz CT molecular complexity index is 462. The number of nitrogens with zero attached hydrogens (tertiary/aromatic N) is 1. The van der Waals surface area contributed by atoms with Crippen LogP contribution in [0.2, 0.25) is 0 Å². The molecule has 2 rings (SSSR count). The maximum Gasteiger partial charge on any atom is 0.418 e. The van der Waals surface area contributed by atoms with E-state index in [0.717, 1.165) is 19.0 Å². The number of hydrogen-bond acceptors (Lipinski definition) is 3. The second-order valence-corrected chi connectivity index (χ2v) is 5.06. The van der Waals surface area contributed by atoms with Crippen molar-refractivity contribution in [2.45, 2.75) is 18.7 Å². The number of rotatable bonds is 2. The number of benzene rings is 1. The van der Waals surface area contributed by atoms with Gasteiger partial charge in [0, 0.05) is 23.7 Å². The summed E-state index contributed by atoms with van der Waals surface area (Å²) in [6, 6.07) is 3.69. The Morgan fingerprint density at radius 1 is 1.42 bits per heavy atom. The van der Waals surface area contributed by atoms with Gasteiger partial charge in [0.1, 0.15) is 0 Å². The van der Waals surface area contributed by atoms with Gasteiger partial charge in [-0.1, -0.05) is 12.1 Å². The maximum atomic E-state index is 12.8. The van der Waals surface area contributed by atoms with E-state index in [-0.39, 0.29) is 17.2 Å². The molecule has 0 radical (unpaired) electrons. The molecule has 0 saturated carbocycles. The van der Waals surface area contributed by atoms with Crippen molar-refractivity contribution in [1.29, 1.82) is 0 Å². The highest BCUT2D eigenvalue weighted by molar-refractivity contribution is 5.56. The first-order valence-electron chi connectivity index (χ1n) is 6.13. The van der Waals surface area contributed by atoms with E-state index in [1.807, 2.05) is 11.9 Å². The topological polar surface area (TPSA) is 49.5 Å². The standard InChI is InChI=1S/C13H17F3N2O/c1-18-6-5-8(7-18)12(19)9-3-2-4-10(11(9)17)13(14,15)16/h2-4,8,12,19H,5-7,17H2,1H3. The number of hydrogen-bond donors (Lipinski definition) is 2. The van der Waals surface area contributed by atoms with Gasteiger partial charge in [-0.2, -0.15) is 13.2 Å². The molecule has 1 saturated heterocycles. The third-order valence-electron chi connectivity index (χ3n) is 3.64. The molecule has 1 fully saturated rings. The lowest BCUT2D eigenvalue weighted by molar-refractivity contribution is -0.137. The predicted octanol–water partition coefficient (Wildman–Crippen LogP) is 2.27. The zero-order valence-corrected chi connectivity index (χ0v) is 10.6. The van der Waals surface area contributed by atoms with Gasteiger partial charge < -0.3 is 15.7 Å². The summed E-state index contributed by atoms with van der Waals surface area (Å²) >= 11 is 0. The van der Waals surface area contributed by atoms with Crippen LogP contribution in [0.15, 0.2) is 18.2 Å². The van der Waals surface area contributed by atoms with Crippen molar-refractivity contribution in [3.8, 4) is 0 Å². The average molecular weight is 274 g/mol. The molecule has 3 nitrogen and oxygen atoms in total. The van der Waals surface area contributed by atoms with E-state index >= 15 is 0 Å². The first-order valence-corrected chi connectivity index (χ1v) is 6.13. The van der Waals surface area contributed by atoms with Crippen LogP contribution in [0.5, 0.6) is 0 Å². The van der Waals surface area contributed by atoms with Crippen molar-refractivity contribution in [2.75, 3.05) is 25.9 Å². The second kappa shape index (κ2) is 5.02. The molecule has 2 atom stereocenters. The summed E-state index contributed by atoms with van der Waals surface area (Å²) in [4.78, 5) is 2.04. The summed E-state index contributed by atoms with van der Waals surface area (Å²) in [6.45, 7) is 1.50. The van der Waals surface area contributed by atoms with E-state index in [9.17, 15) is 18.3 Å². The van der Waals surface area contributed by atoms with Crippen LogP contribution in [0.1, 0.15) is 23.7 Å². The van der Waals surface area contributed by atoms with Crippen molar-refractivity contribution in [3.63, 3.8) is 0 Å². The molecule has 0 spiro atoms. The molecular formula is C13H17F3N2O. The van der Waals surface area contributed by atoms with Gasteiger partial charge in [-0.05, 0) is 26.1 Å². The summed E-state index contributed by atoms with van der Waals surface area (Å²) in [5.74, 6) is -0.0733. The molecule has 6 heteroatoms. The van der Waals surface area contributed by atoms with Crippen molar-refractivity contribution in [2.24, 2.45) is 5.92 Å². The number of likely N-dealkylation sites (tertiary alicyclic amines) is 1. The van der Waals surface area contributed by atoms with Crippen LogP contribution < -0.4 is 5.73 Å². The molecule has 1 aliphatic rings. The summed E-state index contributed by atoms with van der Waals surface area (Å²) in [7, 11) is 1.92. The number of halogens is 3. The van der Waals surface area contributed by atoms with Crippen LogP contribution >= 0.6 is 0 Å². The molecule has 3 N–H and O–H groups in total. The zero-order chi connectivity index (χ0) is 14.2. The summed E-state index contributed by atoms with van der Waals surface area (Å²) in [6.07, 6.45) is -4.69. The highest BCUT2D eigenvalue weighted by Crippen LogP contribution is 2.39. The number of aliphatic hydroxyl groups is 1. The van der Waals surface area contributed by atoms with Crippen LogP contribution in [0.25, 0.3) is 0 Å². The van der Waals surface area contributed by atoms with E-state index in [2.05, 4.69) is 0 Å². The molecule has 2 unspecified atom stereocenters. The highest BCUT2D eigenvalue weighted by Gasteiger charge is 2.36. The molecule has 1 aromatic carbocycles. The Hall–Kier alpha value is -1.27. The lowest BCUT2D eigenvalue weighted by Gasteiger charge is -2.22. The Labute approximate surface area is 109 Å². The van der Waals surface area contributed by atoms with Gasteiger partial charge in [0.05, 0.1) is 11.7 Å². The number of anilines is 1. The van der Waals surface area contributed by atoms with E-state index in [4.69, 9.17) is 5.73 Å². The average Bonchev–Trinajstić information content (AvgIpc) is 2.74. The smallest absolute Gasteiger partial charge is 0.398 e. The highest BCUT2D eigenvalue weighted by atomic mass is 19.4. The quantitative estimate of drug-likeness (QED) is 0.813. The van der Waals surface area contributed by atoms with E-state index in [0.29, 0.717) is 6.54 Å². The molecule has 0 amide bonds. The zero-order valence-electron chi connectivity index (χ0n) is 10.6. The summed E-state index contributed by atoms with van der Waals surface area (Å²) in [5, 5.41) is 10.2. The molecule has 1 aliphatic heterocycles. The third kappa shape index (κ3) is 2.84. The number of aliphatic hydroxyl groups excluding tert-OH is 1. The predicted molar refractivity (Wildman–Crippen MR) is 66.4 cm³/mol. The van der Waals surface area contributed by atoms with Gasteiger partial charge in [-0.3, -0.25) is 0 Å². The second-order valence-electron chi connectivity index (χ2n) is 5.06. The molecule has 0 aromatic heterocycles. The van der Waals surface area contributed by atoms with Crippen molar-refractivity contribution in [1.82, 2.24) is 4.90 Å². The normalized spacial score (nSPS) is 22.7. The minimum absolute atomic E-state index is 0.0733. The van der Waals surface area contributed by atoms with Crippen molar-refractivity contribution >= 4 is 5.69 Å². The lowest BCUT2D eigenvalue weighted by Crippen LogP contribution is -2.20. The van der Waals surface area contributed by atoms with E-state index in [1.54, 1.807) is 0 Å². The Morgan fingerprint density at radius 2 is 2.11 bits per heavy atom.